The molecule has 124 valence electrons. The van der Waals surface area contributed by atoms with Crippen LogP contribution in [0.4, 0.5) is 0 Å². The van der Waals surface area contributed by atoms with Gasteiger partial charge in [0, 0.05) is 25.4 Å². The molecular formula is C22H25NO. The minimum Gasteiger partial charge on any atom is -0.337 e. The minimum absolute atomic E-state index is 0.288. The topological polar surface area (TPSA) is 20.3 Å². The Kier molecular flexibility index (Phi) is 4.13. The van der Waals surface area contributed by atoms with Gasteiger partial charge in [0.15, 0.2) is 0 Å². The lowest BCUT2D eigenvalue weighted by Crippen LogP contribution is -2.39. The molecular weight excluding hydrogens is 294 g/mol. The molecule has 1 saturated carbocycles. The van der Waals surface area contributed by atoms with Crippen LogP contribution in [0.2, 0.25) is 0 Å². The molecule has 0 unspecified atom stereocenters. The van der Waals surface area contributed by atoms with E-state index >= 15 is 0 Å². The van der Waals surface area contributed by atoms with E-state index in [1.165, 1.54) is 29.5 Å². The maximum absolute atomic E-state index is 12.9. The highest BCUT2D eigenvalue weighted by Gasteiger charge is 2.33. The van der Waals surface area contributed by atoms with E-state index in [0.29, 0.717) is 18.2 Å². The van der Waals surface area contributed by atoms with Gasteiger partial charge in [-0.05, 0) is 41.4 Å². The van der Waals surface area contributed by atoms with Crippen LogP contribution in [-0.4, -0.2) is 17.4 Å². The highest BCUT2D eigenvalue weighted by Crippen LogP contribution is 2.39. The molecule has 2 aromatic rings. The zero-order valence-corrected chi connectivity index (χ0v) is 14.3. The second-order valence-corrected chi connectivity index (χ2v) is 7.46. The van der Waals surface area contributed by atoms with Gasteiger partial charge in [0.1, 0.15) is 0 Å². The highest BCUT2D eigenvalue weighted by atomic mass is 16.2. The van der Waals surface area contributed by atoms with Crippen LogP contribution in [0.1, 0.15) is 48.8 Å². The summed E-state index contributed by atoms with van der Waals surface area (Å²) in [4.78, 5) is 14.9. The fraction of sp³-hybridized carbons (Fsp3) is 0.409. The van der Waals surface area contributed by atoms with E-state index in [2.05, 4.69) is 66.4 Å². The Balaban J connectivity index is 1.59. The lowest BCUT2D eigenvalue weighted by atomic mass is 9.84. The molecule has 1 aliphatic heterocycles. The summed E-state index contributed by atoms with van der Waals surface area (Å²) < 4.78 is 0. The molecule has 0 spiro atoms. The van der Waals surface area contributed by atoms with Crippen molar-refractivity contribution in [1.29, 1.82) is 0 Å². The van der Waals surface area contributed by atoms with E-state index in [4.69, 9.17) is 0 Å². The smallest absolute Gasteiger partial charge is 0.223 e. The van der Waals surface area contributed by atoms with Gasteiger partial charge in [-0.1, -0.05) is 61.5 Å². The quantitative estimate of drug-likeness (QED) is 0.806. The number of benzene rings is 2. The molecule has 0 radical (unpaired) electrons. The zero-order chi connectivity index (χ0) is 16.5. The Hall–Kier alpha value is -2.09. The van der Waals surface area contributed by atoms with E-state index in [-0.39, 0.29) is 5.92 Å². The summed E-state index contributed by atoms with van der Waals surface area (Å²) in [5, 5.41) is 0. The third kappa shape index (κ3) is 3.10. The van der Waals surface area contributed by atoms with Gasteiger partial charge in [0.25, 0.3) is 0 Å². The third-order valence-corrected chi connectivity index (χ3v) is 5.67. The summed E-state index contributed by atoms with van der Waals surface area (Å²) in [7, 11) is 0. The molecule has 0 N–H and O–H groups in total. The van der Waals surface area contributed by atoms with Crippen molar-refractivity contribution in [1.82, 2.24) is 4.90 Å². The Morgan fingerprint density at radius 3 is 2.54 bits per heavy atom. The summed E-state index contributed by atoms with van der Waals surface area (Å²) in [5.74, 6) is 1.93. The first-order chi connectivity index (χ1) is 11.7. The fourth-order valence-corrected chi connectivity index (χ4v) is 4.00. The number of rotatable bonds is 4. The predicted molar refractivity (Wildman–Crippen MR) is 96.6 cm³/mol. The number of carbonyl (C=O) groups excluding carboxylic acids is 1. The first-order valence-corrected chi connectivity index (χ1v) is 9.13. The monoisotopic (exact) mass is 319 g/mol. The lowest BCUT2D eigenvalue weighted by molar-refractivity contribution is -0.133. The molecule has 0 bridgehead atoms. The number of hydrogen-bond donors (Lipinski definition) is 0. The van der Waals surface area contributed by atoms with Crippen LogP contribution in [-0.2, 0) is 11.3 Å². The molecule has 2 atom stereocenters. The number of nitrogens with zero attached hydrogens (tertiary/aromatic N) is 1. The molecule has 2 aromatic carbocycles. The van der Waals surface area contributed by atoms with Crippen molar-refractivity contribution in [3.8, 4) is 0 Å². The van der Waals surface area contributed by atoms with Crippen LogP contribution in [0.5, 0.6) is 0 Å². The molecule has 4 rings (SSSR count). The summed E-state index contributed by atoms with van der Waals surface area (Å²) in [6.07, 6.45) is 3.32. The van der Waals surface area contributed by atoms with E-state index in [1.807, 2.05) is 0 Å². The van der Waals surface area contributed by atoms with Gasteiger partial charge in [-0.15, -0.1) is 0 Å². The molecule has 1 aliphatic carbocycles. The van der Waals surface area contributed by atoms with Crippen LogP contribution >= 0.6 is 0 Å². The number of hydrogen-bond acceptors (Lipinski definition) is 1. The molecule has 24 heavy (non-hydrogen) atoms. The van der Waals surface area contributed by atoms with Crippen molar-refractivity contribution in [2.45, 2.75) is 38.6 Å². The molecule has 1 fully saturated rings. The van der Waals surface area contributed by atoms with Gasteiger partial charge in [-0.2, -0.15) is 0 Å². The minimum atomic E-state index is 0.288. The van der Waals surface area contributed by atoms with E-state index in [0.717, 1.165) is 19.0 Å². The van der Waals surface area contributed by atoms with Crippen molar-refractivity contribution < 1.29 is 4.79 Å². The molecule has 1 heterocycles. The second-order valence-electron chi connectivity index (χ2n) is 7.46. The predicted octanol–water partition coefficient (Wildman–Crippen LogP) is 4.60. The lowest BCUT2D eigenvalue weighted by Gasteiger charge is -2.35. The van der Waals surface area contributed by atoms with Crippen LogP contribution in [0.25, 0.3) is 0 Å². The summed E-state index contributed by atoms with van der Waals surface area (Å²) in [6, 6.07) is 19.2. The average molecular weight is 319 g/mol. The van der Waals surface area contributed by atoms with Gasteiger partial charge >= 0.3 is 0 Å². The van der Waals surface area contributed by atoms with Crippen molar-refractivity contribution in [2.75, 3.05) is 6.54 Å². The van der Waals surface area contributed by atoms with Crippen LogP contribution in [0.15, 0.2) is 54.6 Å². The van der Waals surface area contributed by atoms with E-state index < -0.39 is 0 Å². The third-order valence-electron chi connectivity index (χ3n) is 5.67. The summed E-state index contributed by atoms with van der Waals surface area (Å²) in [5.41, 5.74) is 3.98. The first kappa shape index (κ1) is 15.4. The maximum atomic E-state index is 12.9. The Labute approximate surface area is 144 Å². The van der Waals surface area contributed by atoms with Gasteiger partial charge in [-0.3, -0.25) is 4.79 Å². The highest BCUT2D eigenvalue weighted by molar-refractivity contribution is 5.77. The average Bonchev–Trinajstić information content (AvgIpc) is 3.46. The largest absolute Gasteiger partial charge is 0.337 e. The number of amides is 1. The van der Waals surface area contributed by atoms with Crippen molar-refractivity contribution in [2.24, 2.45) is 11.8 Å². The fourth-order valence-electron chi connectivity index (χ4n) is 4.00. The summed E-state index contributed by atoms with van der Waals surface area (Å²) >= 11 is 0. The standard InChI is InChI=1S/C22H25NO/c1-16(17-11-12-17)13-22(24)23-14-19-9-5-6-10-20(19)21(15-23)18-7-3-2-4-8-18/h2-10,16-17,21H,11-15H2,1H3/t16-,21-/m1/s1. The summed E-state index contributed by atoms with van der Waals surface area (Å²) in [6.45, 7) is 3.80. The van der Waals surface area contributed by atoms with Gasteiger partial charge < -0.3 is 4.90 Å². The maximum Gasteiger partial charge on any atom is 0.223 e. The normalized spacial score (nSPS) is 21.2. The zero-order valence-electron chi connectivity index (χ0n) is 14.3. The van der Waals surface area contributed by atoms with Gasteiger partial charge in [0.05, 0.1) is 0 Å². The van der Waals surface area contributed by atoms with E-state index in [1.54, 1.807) is 0 Å². The van der Waals surface area contributed by atoms with Crippen LogP contribution < -0.4 is 0 Å². The number of carbonyl (C=O) groups is 1. The van der Waals surface area contributed by atoms with E-state index in [9.17, 15) is 4.79 Å². The van der Waals surface area contributed by atoms with Crippen molar-refractivity contribution in [3.63, 3.8) is 0 Å². The SMILES string of the molecule is C[C@H](CC(=O)N1Cc2ccccc2[C@@H](c2ccccc2)C1)C1CC1. The molecule has 2 aliphatic rings. The second kappa shape index (κ2) is 6.43. The Morgan fingerprint density at radius 2 is 1.79 bits per heavy atom. The Morgan fingerprint density at radius 1 is 1.08 bits per heavy atom. The van der Waals surface area contributed by atoms with Gasteiger partial charge in [-0.25, -0.2) is 0 Å². The molecule has 1 amide bonds. The molecule has 2 heteroatoms. The van der Waals surface area contributed by atoms with Crippen LogP contribution in [0, 0.1) is 11.8 Å². The first-order valence-electron chi connectivity index (χ1n) is 9.13. The Bertz CT molecular complexity index is 720. The van der Waals surface area contributed by atoms with Gasteiger partial charge in [0.2, 0.25) is 5.91 Å². The van der Waals surface area contributed by atoms with Crippen molar-refractivity contribution >= 4 is 5.91 Å². The molecule has 0 aromatic heterocycles. The molecule has 0 saturated heterocycles. The number of fused-ring (bicyclic) bond motifs is 1. The molecule has 2 nitrogen and oxygen atoms in total. The van der Waals surface area contributed by atoms with Crippen molar-refractivity contribution in [3.05, 3.63) is 71.3 Å². The van der Waals surface area contributed by atoms with Crippen LogP contribution in [0.3, 0.4) is 0 Å².